The molecule has 1 amide bonds. The van der Waals surface area contributed by atoms with Crippen LogP contribution in [0.1, 0.15) is 23.6 Å². The number of rotatable bonds is 8. The standard InChI is InChI=1S/C23H25F2N3O6S/c1-5-28(4)12-16-14-10-17(24)20(34-23(30)27(2)3)11-19(14)33-22(29)15(16)9-13-7-6-8-18(21(13)25)26-35(31)32/h6-8,10-11,26H,5,9,12H2,1-4H3,(H,31,32). The Morgan fingerprint density at radius 2 is 1.91 bits per heavy atom. The predicted octanol–water partition coefficient (Wildman–Crippen LogP) is 3.72. The number of benzene rings is 2. The molecule has 0 spiro atoms. The van der Waals surface area contributed by atoms with Crippen LogP contribution in [0, 0.1) is 11.6 Å². The van der Waals surface area contributed by atoms with E-state index < -0.39 is 40.4 Å². The lowest BCUT2D eigenvalue weighted by Crippen LogP contribution is -2.25. The highest BCUT2D eigenvalue weighted by molar-refractivity contribution is 7.80. The monoisotopic (exact) mass is 509 g/mol. The zero-order chi connectivity index (χ0) is 25.9. The smallest absolute Gasteiger partial charge is 0.414 e. The minimum Gasteiger partial charge on any atom is -0.422 e. The summed E-state index contributed by atoms with van der Waals surface area (Å²) < 4.78 is 62.5. The van der Waals surface area contributed by atoms with Crippen molar-refractivity contribution in [1.29, 1.82) is 0 Å². The quantitative estimate of drug-likeness (QED) is 0.352. The van der Waals surface area contributed by atoms with Crippen LogP contribution in [0.5, 0.6) is 5.75 Å². The van der Waals surface area contributed by atoms with Crippen LogP contribution in [-0.4, -0.2) is 52.3 Å². The molecule has 188 valence electrons. The number of hydrogen-bond donors (Lipinski definition) is 2. The van der Waals surface area contributed by atoms with Gasteiger partial charge in [-0.15, -0.1) is 0 Å². The molecule has 35 heavy (non-hydrogen) atoms. The molecule has 0 fully saturated rings. The molecule has 1 aromatic heterocycles. The van der Waals surface area contributed by atoms with Crippen molar-refractivity contribution >= 4 is 34.0 Å². The first kappa shape index (κ1) is 26.3. The van der Waals surface area contributed by atoms with Gasteiger partial charge in [0.1, 0.15) is 5.58 Å². The van der Waals surface area contributed by atoms with Crippen molar-refractivity contribution in [2.75, 3.05) is 32.4 Å². The minimum atomic E-state index is -2.49. The van der Waals surface area contributed by atoms with E-state index in [0.717, 1.165) is 17.0 Å². The molecular weight excluding hydrogens is 484 g/mol. The average molecular weight is 510 g/mol. The summed E-state index contributed by atoms with van der Waals surface area (Å²) >= 11 is -2.49. The normalized spacial score (nSPS) is 12.1. The van der Waals surface area contributed by atoms with Gasteiger partial charge >= 0.3 is 11.7 Å². The first-order chi connectivity index (χ1) is 16.5. The zero-order valence-electron chi connectivity index (χ0n) is 19.6. The third-order valence-corrected chi connectivity index (χ3v) is 5.74. The fraction of sp³-hybridized carbons (Fsp3) is 0.304. The molecule has 1 unspecified atom stereocenters. The van der Waals surface area contributed by atoms with Gasteiger partial charge in [-0.1, -0.05) is 19.1 Å². The van der Waals surface area contributed by atoms with Gasteiger partial charge in [-0.2, -0.15) is 0 Å². The maximum absolute atomic E-state index is 15.0. The topological polar surface area (TPSA) is 112 Å². The summed E-state index contributed by atoms with van der Waals surface area (Å²) in [5.74, 6) is -2.04. The Morgan fingerprint density at radius 1 is 1.20 bits per heavy atom. The highest BCUT2D eigenvalue weighted by Crippen LogP contribution is 2.30. The van der Waals surface area contributed by atoms with Crippen molar-refractivity contribution in [3.63, 3.8) is 0 Å². The van der Waals surface area contributed by atoms with Crippen LogP contribution >= 0.6 is 0 Å². The third kappa shape index (κ3) is 6.02. The second-order valence-corrected chi connectivity index (χ2v) is 8.73. The predicted molar refractivity (Wildman–Crippen MR) is 128 cm³/mol. The number of amides is 1. The lowest BCUT2D eigenvalue weighted by molar-refractivity contribution is 0.170. The minimum absolute atomic E-state index is 0.00720. The van der Waals surface area contributed by atoms with Gasteiger partial charge in [0, 0.05) is 44.1 Å². The van der Waals surface area contributed by atoms with Crippen molar-refractivity contribution < 1.29 is 31.5 Å². The van der Waals surface area contributed by atoms with Crippen molar-refractivity contribution in [2.45, 2.75) is 19.9 Å². The molecule has 0 radical (unpaired) electrons. The van der Waals surface area contributed by atoms with Gasteiger partial charge in [-0.25, -0.2) is 22.6 Å². The van der Waals surface area contributed by atoms with Gasteiger partial charge in [0.15, 0.2) is 17.4 Å². The Labute approximate surface area is 202 Å². The van der Waals surface area contributed by atoms with E-state index in [0.29, 0.717) is 12.1 Å². The van der Waals surface area contributed by atoms with Gasteiger partial charge in [-0.05, 0) is 36.9 Å². The molecule has 12 heteroatoms. The van der Waals surface area contributed by atoms with Crippen molar-refractivity contribution in [3.05, 3.63) is 69.1 Å². The van der Waals surface area contributed by atoms with E-state index in [9.17, 15) is 22.6 Å². The van der Waals surface area contributed by atoms with Crippen LogP contribution in [0.3, 0.4) is 0 Å². The Morgan fingerprint density at radius 3 is 2.54 bits per heavy atom. The van der Waals surface area contributed by atoms with Gasteiger partial charge in [0.2, 0.25) is 0 Å². The lowest BCUT2D eigenvalue weighted by atomic mass is 9.97. The molecule has 0 aliphatic carbocycles. The Balaban J connectivity index is 2.17. The highest BCUT2D eigenvalue weighted by Gasteiger charge is 2.22. The first-order valence-corrected chi connectivity index (χ1v) is 11.6. The second kappa shape index (κ2) is 10.9. The number of halogens is 2. The zero-order valence-corrected chi connectivity index (χ0v) is 20.4. The van der Waals surface area contributed by atoms with Gasteiger partial charge in [-0.3, -0.25) is 9.27 Å². The van der Waals surface area contributed by atoms with E-state index in [1.54, 1.807) is 7.05 Å². The van der Waals surface area contributed by atoms with Gasteiger partial charge < -0.3 is 19.0 Å². The second-order valence-electron chi connectivity index (χ2n) is 8.02. The Bertz CT molecular complexity index is 1350. The van der Waals surface area contributed by atoms with Crippen LogP contribution in [0.4, 0.5) is 19.3 Å². The van der Waals surface area contributed by atoms with Crippen LogP contribution in [0.2, 0.25) is 0 Å². The summed E-state index contributed by atoms with van der Waals surface area (Å²) in [7, 11) is 4.68. The fourth-order valence-corrected chi connectivity index (χ4v) is 3.73. The Kier molecular flexibility index (Phi) is 8.20. The van der Waals surface area contributed by atoms with Crippen molar-refractivity contribution in [3.8, 4) is 5.75 Å². The summed E-state index contributed by atoms with van der Waals surface area (Å²) in [6.07, 6.45) is -1.01. The molecule has 0 aliphatic rings. The number of ether oxygens (including phenoxy) is 1. The van der Waals surface area contributed by atoms with E-state index >= 15 is 0 Å². The molecule has 0 aliphatic heterocycles. The number of nitrogens with zero attached hydrogens (tertiary/aromatic N) is 2. The van der Waals surface area contributed by atoms with E-state index in [-0.39, 0.29) is 40.7 Å². The van der Waals surface area contributed by atoms with Crippen LogP contribution in [-0.2, 0) is 24.2 Å². The molecule has 0 bridgehead atoms. The van der Waals surface area contributed by atoms with E-state index in [1.165, 1.54) is 32.3 Å². The molecule has 3 rings (SSSR count). The van der Waals surface area contributed by atoms with E-state index in [2.05, 4.69) is 4.72 Å². The molecule has 9 nitrogen and oxygen atoms in total. The Hall–Kier alpha value is -3.35. The molecule has 1 heterocycles. The first-order valence-electron chi connectivity index (χ1n) is 10.5. The van der Waals surface area contributed by atoms with Crippen molar-refractivity contribution in [1.82, 2.24) is 9.80 Å². The SMILES string of the molecule is CCN(C)Cc1c(Cc2cccc(NS(=O)O)c2F)c(=O)oc2cc(OC(=O)N(C)C)c(F)cc12. The van der Waals surface area contributed by atoms with Crippen molar-refractivity contribution in [2.24, 2.45) is 0 Å². The van der Waals surface area contributed by atoms with Gasteiger partial charge in [0.25, 0.3) is 11.3 Å². The number of hydrogen-bond acceptors (Lipinski definition) is 6. The number of anilines is 1. The summed E-state index contributed by atoms with van der Waals surface area (Å²) in [6, 6.07) is 6.44. The maximum atomic E-state index is 15.0. The molecule has 0 saturated heterocycles. The van der Waals surface area contributed by atoms with Crippen LogP contribution < -0.4 is 15.1 Å². The molecule has 1 atom stereocenters. The molecule has 0 saturated carbocycles. The van der Waals surface area contributed by atoms with Crippen LogP contribution in [0.25, 0.3) is 11.0 Å². The molecule has 2 aromatic carbocycles. The van der Waals surface area contributed by atoms with E-state index in [4.69, 9.17) is 13.7 Å². The number of carbonyl (C=O) groups excluding carboxylic acids is 1. The highest BCUT2D eigenvalue weighted by atomic mass is 32.2. The van der Waals surface area contributed by atoms with E-state index in [1.807, 2.05) is 11.8 Å². The fourth-order valence-electron chi connectivity index (χ4n) is 3.39. The third-order valence-electron chi connectivity index (χ3n) is 5.35. The summed E-state index contributed by atoms with van der Waals surface area (Å²) in [5.41, 5.74) is -0.363. The maximum Gasteiger partial charge on any atom is 0.414 e. The number of nitrogens with one attached hydrogen (secondary N) is 1. The van der Waals surface area contributed by atoms with Crippen LogP contribution in [0.15, 0.2) is 39.5 Å². The molecular formula is C23H25F2N3O6S. The summed E-state index contributed by atoms with van der Waals surface area (Å²) in [6.45, 7) is 2.74. The number of fused-ring (bicyclic) bond motifs is 1. The summed E-state index contributed by atoms with van der Waals surface area (Å²) in [5, 5.41) is 0.271. The number of carbonyl (C=O) groups is 1. The summed E-state index contributed by atoms with van der Waals surface area (Å²) in [4.78, 5) is 27.9. The largest absolute Gasteiger partial charge is 0.422 e. The molecule has 3 aromatic rings. The average Bonchev–Trinajstić information content (AvgIpc) is 2.79. The lowest BCUT2D eigenvalue weighted by Gasteiger charge is -2.19. The van der Waals surface area contributed by atoms with Gasteiger partial charge in [0.05, 0.1) is 5.69 Å². The molecule has 2 N–H and O–H groups in total.